The van der Waals surface area contributed by atoms with Crippen LogP contribution in [0.2, 0.25) is 0 Å². The lowest BCUT2D eigenvalue weighted by Gasteiger charge is -2.16. The standard InChI is InChI=1S/C18H18N4O3/c1-21(12-13-7-4-3-5-8-13)17-16(18(23)24)19-22(20-17)14-9-6-10-15(11-14)25-2/h3-11H,12H2,1-2H3,(H,23,24). The molecule has 1 aromatic heterocycles. The number of hydrogen-bond donors (Lipinski definition) is 1. The molecule has 0 bridgehead atoms. The maximum Gasteiger partial charge on any atom is 0.360 e. The van der Waals surface area contributed by atoms with E-state index in [1.54, 1.807) is 43.3 Å². The number of ether oxygens (including phenoxy) is 1. The number of hydrogen-bond acceptors (Lipinski definition) is 5. The van der Waals surface area contributed by atoms with Crippen LogP contribution < -0.4 is 9.64 Å². The predicted octanol–water partition coefficient (Wildman–Crippen LogP) is 2.61. The molecule has 1 N–H and O–H groups in total. The summed E-state index contributed by atoms with van der Waals surface area (Å²) in [5.74, 6) is -0.172. The zero-order valence-corrected chi connectivity index (χ0v) is 14.0. The van der Waals surface area contributed by atoms with Crippen LogP contribution >= 0.6 is 0 Å². The zero-order chi connectivity index (χ0) is 17.8. The number of anilines is 1. The minimum atomic E-state index is -1.12. The summed E-state index contributed by atoms with van der Waals surface area (Å²) in [7, 11) is 3.36. The van der Waals surface area contributed by atoms with E-state index >= 15 is 0 Å². The van der Waals surface area contributed by atoms with Crippen LogP contribution in [0.5, 0.6) is 5.75 Å². The van der Waals surface area contributed by atoms with Gasteiger partial charge in [0, 0.05) is 19.7 Å². The van der Waals surface area contributed by atoms with Gasteiger partial charge in [0.05, 0.1) is 12.8 Å². The Balaban J connectivity index is 1.95. The lowest BCUT2D eigenvalue weighted by atomic mass is 10.2. The van der Waals surface area contributed by atoms with Crippen molar-refractivity contribution in [3.63, 3.8) is 0 Å². The Bertz CT molecular complexity index is 877. The molecule has 0 saturated heterocycles. The Labute approximate surface area is 145 Å². The fraction of sp³-hybridized carbons (Fsp3) is 0.167. The van der Waals surface area contributed by atoms with Gasteiger partial charge in [-0.1, -0.05) is 36.4 Å². The Morgan fingerprint density at radius 3 is 2.60 bits per heavy atom. The fourth-order valence-corrected chi connectivity index (χ4v) is 2.48. The van der Waals surface area contributed by atoms with Gasteiger partial charge in [-0.05, 0) is 17.7 Å². The van der Waals surface area contributed by atoms with Gasteiger partial charge < -0.3 is 14.7 Å². The molecule has 0 spiro atoms. The van der Waals surface area contributed by atoms with Gasteiger partial charge in [-0.25, -0.2) is 4.79 Å². The van der Waals surface area contributed by atoms with Crippen LogP contribution in [-0.4, -0.2) is 40.2 Å². The molecular weight excluding hydrogens is 320 g/mol. The molecule has 128 valence electrons. The number of aromatic nitrogens is 3. The molecule has 0 amide bonds. The van der Waals surface area contributed by atoms with Crippen molar-refractivity contribution in [2.45, 2.75) is 6.54 Å². The Hall–Kier alpha value is -3.35. The highest BCUT2D eigenvalue weighted by molar-refractivity contribution is 5.90. The number of carboxylic acids is 1. The first-order chi connectivity index (χ1) is 12.1. The molecule has 0 radical (unpaired) electrons. The number of methoxy groups -OCH3 is 1. The summed E-state index contributed by atoms with van der Waals surface area (Å²) in [6.45, 7) is 0.526. The van der Waals surface area contributed by atoms with E-state index in [0.717, 1.165) is 5.56 Å². The van der Waals surface area contributed by atoms with Crippen molar-refractivity contribution in [1.29, 1.82) is 0 Å². The molecule has 0 aliphatic carbocycles. The van der Waals surface area contributed by atoms with Gasteiger partial charge in [-0.2, -0.15) is 0 Å². The first kappa shape index (κ1) is 16.5. The van der Waals surface area contributed by atoms with E-state index in [1.165, 1.54) is 4.80 Å². The first-order valence-electron chi connectivity index (χ1n) is 7.68. The maximum absolute atomic E-state index is 11.6. The van der Waals surface area contributed by atoms with Gasteiger partial charge >= 0.3 is 5.97 Å². The molecule has 7 heteroatoms. The van der Waals surface area contributed by atoms with Crippen LogP contribution in [0, 0.1) is 0 Å². The number of benzene rings is 2. The van der Waals surface area contributed by atoms with Gasteiger partial charge in [-0.3, -0.25) is 0 Å². The van der Waals surface area contributed by atoms with Crippen LogP contribution in [0.25, 0.3) is 5.69 Å². The quantitative estimate of drug-likeness (QED) is 0.744. The second kappa shape index (κ2) is 7.04. The molecule has 0 aliphatic rings. The summed E-state index contributed by atoms with van der Waals surface area (Å²) in [5.41, 5.74) is 1.58. The molecule has 0 atom stereocenters. The third-order valence-electron chi connectivity index (χ3n) is 3.71. The average molecular weight is 338 g/mol. The average Bonchev–Trinajstić information content (AvgIpc) is 3.08. The predicted molar refractivity (Wildman–Crippen MR) is 93.4 cm³/mol. The highest BCUT2D eigenvalue weighted by Crippen LogP contribution is 2.21. The van der Waals surface area contributed by atoms with Crippen molar-refractivity contribution in [3.8, 4) is 11.4 Å². The molecule has 0 unspecified atom stereocenters. The van der Waals surface area contributed by atoms with Gasteiger partial charge in [0.25, 0.3) is 0 Å². The normalized spacial score (nSPS) is 10.5. The van der Waals surface area contributed by atoms with Gasteiger partial charge in [0.1, 0.15) is 5.75 Å². The second-order valence-electron chi connectivity index (χ2n) is 5.51. The largest absolute Gasteiger partial charge is 0.497 e. The lowest BCUT2D eigenvalue weighted by Crippen LogP contribution is -2.19. The van der Waals surface area contributed by atoms with Crippen LogP contribution in [-0.2, 0) is 6.54 Å². The van der Waals surface area contributed by atoms with Crippen LogP contribution in [0.15, 0.2) is 54.6 Å². The topological polar surface area (TPSA) is 80.5 Å². The van der Waals surface area contributed by atoms with E-state index in [2.05, 4.69) is 10.2 Å². The number of aromatic carboxylic acids is 1. The van der Waals surface area contributed by atoms with Gasteiger partial charge in [0.2, 0.25) is 5.69 Å². The minimum absolute atomic E-state index is 0.0961. The summed E-state index contributed by atoms with van der Waals surface area (Å²) in [5, 5.41) is 18.0. The van der Waals surface area contributed by atoms with Gasteiger partial charge in [-0.15, -0.1) is 15.0 Å². The van der Waals surface area contributed by atoms with Crippen molar-refractivity contribution in [2.24, 2.45) is 0 Å². The number of carbonyl (C=O) groups is 1. The third kappa shape index (κ3) is 3.60. The van der Waals surface area contributed by atoms with Crippen molar-refractivity contribution >= 4 is 11.8 Å². The molecular formula is C18H18N4O3. The Morgan fingerprint density at radius 2 is 1.92 bits per heavy atom. The van der Waals surface area contributed by atoms with E-state index in [1.807, 2.05) is 30.3 Å². The van der Waals surface area contributed by atoms with E-state index in [-0.39, 0.29) is 5.69 Å². The second-order valence-corrected chi connectivity index (χ2v) is 5.51. The van der Waals surface area contributed by atoms with Crippen LogP contribution in [0.3, 0.4) is 0 Å². The van der Waals surface area contributed by atoms with E-state index in [4.69, 9.17) is 4.74 Å². The number of carboxylic acid groups (broad SMARTS) is 1. The highest BCUT2D eigenvalue weighted by Gasteiger charge is 2.22. The third-order valence-corrected chi connectivity index (χ3v) is 3.71. The molecule has 7 nitrogen and oxygen atoms in total. The molecule has 0 aliphatic heterocycles. The molecule has 1 heterocycles. The van der Waals surface area contributed by atoms with Crippen molar-refractivity contribution in [3.05, 3.63) is 65.9 Å². The highest BCUT2D eigenvalue weighted by atomic mass is 16.5. The summed E-state index contributed by atoms with van der Waals surface area (Å²) in [4.78, 5) is 14.7. The molecule has 2 aromatic carbocycles. The van der Waals surface area contributed by atoms with Crippen molar-refractivity contribution < 1.29 is 14.6 Å². The Kier molecular flexibility index (Phi) is 4.65. The van der Waals surface area contributed by atoms with Gasteiger partial charge in [0.15, 0.2) is 5.82 Å². The zero-order valence-electron chi connectivity index (χ0n) is 14.0. The van der Waals surface area contributed by atoms with Crippen molar-refractivity contribution in [1.82, 2.24) is 15.0 Å². The molecule has 0 fully saturated rings. The molecule has 25 heavy (non-hydrogen) atoms. The van der Waals surface area contributed by atoms with E-state index in [9.17, 15) is 9.90 Å². The lowest BCUT2D eigenvalue weighted by molar-refractivity contribution is 0.0690. The van der Waals surface area contributed by atoms with E-state index in [0.29, 0.717) is 23.8 Å². The summed E-state index contributed by atoms with van der Waals surface area (Å²) in [6.07, 6.45) is 0. The minimum Gasteiger partial charge on any atom is -0.497 e. The number of nitrogens with zero attached hydrogens (tertiary/aromatic N) is 4. The SMILES string of the molecule is COc1cccc(-n2nc(C(=O)O)c(N(C)Cc3ccccc3)n2)c1. The Morgan fingerprint density at radius 1 is 1.16 bits per heavy atom. The molecule has 0 saturated carbocycles. The fourth-order valence-electron chi connectivity index (χ4n) is 2.48. The van der Waals surface area contributed by atoms with Crippen molar-refractivity contribution in [2.75, 3.05) is 19.1 Å². The smallest absolute Gasteiger partial charge is 0.360 e. The first-order valence-corrected chi connectivity index (χ1v) is 7.68. The molecule has 3 rings (SSSR count). The van der Waals surface area contributed by atoms with Crippen LogP contribution in [0.1, 0.15) is 16.1 Å². The van der Waals surface area contributed by atoms with Crippen LogP contribution in [0.4, 0.5) is 5.82 Å². The summed E-state index contributed by atoms with van der Waals surface area (Å²) >= 11 is 0. The number of rotatable bonds is 6. The maximum atomic E-state index is 11.6. The molecule has 3 aromatic rings. The summed E-state index contributed by atoms with van der Waals surface area (Å²) < 4.78 is 5.19. The summed E-state index contributed by atoms with van der Waals surface area (Å²) in [6, 6.07) is 16.9. The van der Waals surface area contributed by atoms with E-state index < -0.39 is 5.97 Å². The monoisotopic (exact) mass is 338 g/mol.